The van der Waals surface area contributed by atoms with Crippen LogP contribution in [-0.2, 0) is 0 Å². The number of hydrogen-bond donors (Lipinski definition) is 0. The lowest BCUT2D eigenvalue weighted by atomic mass is 9.75. The molecule has 29 heavy (non-hydrogen) atoms. The third-order valence-corrected chi connectivity index (χ3v) is 6.90. The standard InChI is InChI=1S/C23H24N4O2/c1-29-19-4-2-3-16(11-19)20-14-27(21-15-7-9-26(10-8-15)22(20)21)23(28)17-5-6-18(12-24)25-13-17/h2-6,11,13,15,20-22H,7-10,14H2,1H3/t20-,21+,22+/m0/s1. The summed E-state index contributed by atoms with van der Waals surface area (Å²) in [6, 6.07) is 14.2. The summed E-state index contributed by atoms with van der Waals surface area (Å²) in [7, 11) is 1.69. The Morgan fingerprint density at radius 1 is 1.21 bits per heavy atom. The first kappa shape index (κ1) is 18.1. The van der Waals surface area contributed by atoms with Crippen LogP contribution < -0.4 is 4.74 Å². The third-order valence-electron chi connectivity index (χ3n) is 6.90. The molecule has 6 heteroatoms. The number of methoxy groups -OCH3 is 1. The molecule has 1 amide bonds. The van der Waals surface area contributed by atoms with Crippen LogP contribution in [0.2, 0.25) is 0 Å². The summed E-state index contributed by atoms with van der Waals surface area (Å²) in [4.78, 5) is 22.2. The fourth-order valence-electron chi connectivity index (χ4n) is 5.57. The van der Waals surface area contributed by atoms with E-state index in [0.717, 1.165) is 31.7 Å². The van der Waals surface area contributed by atoms with E-state index in [-0.39, 0.29) is 17.9 Å². The summed E-state index contributed by atoms with van der Waals surface area (Å²) < 4.78 is 5.45. The summed E-state index contributed by atoms with van der Waals surface area (Å²) in [5.41, 5.74) is 2.13. The first-order valence-corrected chi connectivity index (χ1v) is 10.2. The molecule has 2 aromatic rings. The number of nitrogens with zero attached hydrogens (tertiary/aromatic N) is 4. The Morgan fingerprint density at radius 3 is 2.72 bits per heavy atom. The summed E-state index contributed by atoms with van der Waals surface area (Å²) in [5, 5.41) is 8.98. The van der Waals surface area contributed by atoms with Gasteiger partial charge in [0.05, 0.1) is 18.7 Å². The number of likely N-dealkylation sites (tertiary alicyclic amines) is 1. The van der Waals surface area contributed by atoms with Crippen molar-refractivity contribution in [2.45, 2.75) is 30.8 Å². The lowest BCUT2D eigenvalue weighted by molar-refractivity contribution is -0.00342. The minimum Gasteiger partial charge on any atom is -0.497 e. The first-order chi connectivity index (χ1) is 14.2. The first-order valence-electron chi connectivity index (χ1n) is 10.2. The number of piperidine rings is 3. The Bertz CT molecular complexity index is 960. The Labute approximate surface area is 170 Å². The zero-order valence-corrected chi connectivity index (χ0v) is 16.5. The number of rotatable bonds is 3. The summed E-state index contributed by atoms with van der Waals surface area (Å²) in [6.45, 7) is 2.94. The van der Waals surface area contributed by atoms with Crippen molar-refractivity contribution in [1.29, 1.82) is 5.26 Å². The predicted octanol–water partition coefficient (Wildman–Crippen LogP) is 2.66. The van der Waals surface area contributed by atoms with Crippen LogP contribution in [-0.4, -0.2) is 59.5 Å². The maximum absolute atomic E-state index is 13.4. The number of nitriles is 1. The van der Waals surface area contributed by atoms with Crippen LogP contribution in [0.1, 0.15) is 40.4 Å². The molecule has 0 spiro atoms. The van der Waals surface area contributed by atoms with Gasteiger partial charge < -0.3 is 9.64 Å². The molecule has 0 aliphatic carbocycles. The van der Waals surface area contributed by atoms with Gasteiger partial charge in [-0.3, -0.25) is 9.69 Å². The molecule has 4 aliphatic heterocycles. The van der Waals surface area contributed by atoms with Crippen molar-refractivity contribution in [3.63, 3.8) is 0 Å². The van der Waals surface area contributed by atoms with Gasteiger partial charge in [0.1, 0.15) is 17.5 Å². The van der Waals surface area contributed by atoms with Crippen molar-refractivity contribution in [1.82, 2.24) is 14.8 Å². The molecule has 0 unspecified atom stereocenters. The van der Waals surface area contributed by atoms with Crippen LogP contribution in [0.5, 0.6) is 5.75 Å². The molecule has 1 aromatic heterocycles. The van der Waals surface area contributed by atoms with Gasteiger partial charge in [0.25, 0.3) is 5.91 Å². The topological polar surface area (TPSA) is 69.5 Å². The number of hydrogen-bond acceptors (Lipinski definition) is 5. The number of benzene rings is 1. The number of aromatic nitrogens is 1. The summed E-state index contributed by atoms with van der Waals surface area (Å²) in [5.74, 6) is 1.71. The molecule has 3 atom stereocenters. The number of pyridine rings is 1. The normalized spacial score (nSPS) is 29.9. The maximum atomic E-state index is 13.4. The van der Waals surface area contributed by atoms with Gasteiger partial charge in [-0.2, -0.15) is 5.26 Å². The van der Waals surface area contributed by atoms with Crippen LogP contribution in [0, 0.1) is 17.2 Å². The smallest absolute Gasteiger partial charge is 0.255 e. The molecule has 6 nitrogen and oxygen atoms in total. The van der Waals surface area contributed by atoms with E-state index >= 15 is 0 Å². The number of carbonyl (C=O) groups excluding carboxylic acids is 1. The van der Waals surface area contributed by atoms with Crippen molar-refractivity contribution in [3.8, 4) is 11.8 Å². The molecule has 2 bridgehead atoms. The second-order valence-corrected chi connectivity index (χ2v) is 8.24. The van der Waals surface area contributed by atoms with Crippen LogP contribution >= 0.6 is 0 Å². The average molecular weight is 388 g/mol. The van der Waals surface area contributed by atoms with Crippen LogP contribution in [0.25, 0.3) is 0 Å². The monoisotopic (exact) mass is 388 g/mol. The fraction of sp³-hybridized carbons (Fsp3) is 0.435. The molecule has 1 aromatic carbocycles. The van der Waals surface area contributed by atoms with Gasteiger partial charge in [0.2, 0.25) is 0 Å². The van der Waals surface area contributed by atoms with E-state index in [1.165, 1.54) is 11.8 Å². The number of fused-ring (bicyclic) bond motifs is 2. The van der Waals surface area contributed by atoms with E-state index in [4.69, 9.17) is 10.00 Å². The van der Waals surface area contributed by atoms with Crippen LogP contribution in [0.15, 0.2) is 42.6 Å². The Morgan fingerprint density at radius 2 is 2.03 bits per heavy atom. The van der Waals surface area contributed by atoms with Crippen molar-refractivity contribution in [3.05, 3.63) is 59.4 Å². The van der Waals surface area contributed by atoms with Crippen LogP contribution in [0.4, 0.5) is 0 Å². The van der Waals surface area contributed by atoms with Gasteiger partial charge in [-0.05, 0) is 61.7 Å². The molecule has 0 saturated carbocycles. The van der Waals surface area contributed by atoms with Gasteiger partial charge >= 0.3 is 0 Å². The molecule has 4 fully saturated rings. The molecule has 0 N–H and O–H groups in total. The Kier molecular flexibility index (Phi) is 4.48. The van der Waals surface area contributed by atoms with E-state index in [2.05, 4.69) is 26.9 Å². The molecule has 0 radical (unpaired) electrons. The second-order valence-electron chi connectivity index (χ2n) is 8.24. The number of carbonyl (C=O) groups is 1. The molecule has 4 aliphatic rings. The molecular formula is C23H24N4O2. The number of amides is 1. The number of ether oxygens (including phenoxy) is 1. The van der Waals surface area contributed by atoms with Gasteiger partial charge in [0.15, 0.2) is 0 Å². The minimum absolute atomic E-state index is 0.0242. The molecule has 148 valence electrons. The van der Waals surface area contributed by atoms with Gasteiger partial charge in [0, 0.05) is 24.7 Å². The van der Waals surface area contributed by atoms with E-state index in [1.807, 2.05) is 18.2 Å². The second kappa shape index (κ2) is 7.16. The summed E-state index contributed by atoms with van der Waals surface area (Å²) >= 11 is 0. The van der Waals surface area contributed by atoms with Gasteiger partial charge in [-0.1, -0.05) is 12.1 Å². The fourth-order valence-corrected chi connectivity index (χ4v) is 5.57. The highest BCUT2D eigenvalue weighted by atomic mass is 16.5. The average Bonchev–Trinajstić information content (AvgIpc) is 3.22. The third kappa shape index (κ3) is 2.97. The summed E-state index contributed by atoms with van der Waals surface area (Å²) in [6.07, 6.45) is 3.85. The quantitative estimate of drug-likeness (QED) is 0.809. The predicted molar refractivity (Wildman–Crippen MR) is 108 cm³/mol. The maximum Gasteiger partial charge on any atom is 0.255 e. The van der Waals surface area contributed by atoms with E-state index in [0.29, 0.717) is 29.8 Å². The molecular weight excluding hydrogens is 364 g/mol. The van der Waals surface area contributed by atoms with Gasteiger partial charge in [-0.25, -0.2) is 4.98 Å². The van der Waals surface area contributed by atoms with E-state index in [1.54, 1.807) is 19.2 Å². The van der Waals surface area contributed by atoms with Gasteiger partial charge in [-0.15, -0.1) is 0 Å². The lowest BCUT2D eigenvalue weighted by Crippen LogP contribution is -2.60. The highest BCUT2D eigenvalue weighted by Crippen LogP contribution is 2.47. The zero-order chi connectivity index (χ0) is 20.0. The van der Waals surface area contributed by atoms with Crippen molar-refractivity contribution < 1.29 is 9.53 Å². The zero-order valence-electron chi connectivity index (χ0n) is 16.5. The van der Waals surface area contributed by atoms with Crippen molar-refractivity contribution in [2.75, 3.05) is 26.7 Å². The SMILES string of the molecule is COc1cccc([C@@H]2CN(C(=O)c3ccc(C#N)nc3)[C@@H]3C4CCN(CC4)[C@@H]32)c1. The Hall–Kier alpha value is -2.91. The molecule has 5 heterocycles. The van der Waals surface area contributed by atoms with Crippen LogP contribution in [0.3, 0.4) is 0 Å². The molecule has 6 rings (SSSR count). The largest absolute Gasteiger partial charge is 0.497 e. The lowest BCUT2D eigenvalue weighted by Gasteiger charge is -2.51. The highest BCUT2D eigenvalue weighted by Gasteiger charge is 2.54. The molecule has 4 saturated heterocycles. The minimum atomic E-state index is 0.0242. The Balaban J connectivity index is 1.50. The van der Waals surface area contributed by atoms with Crippen molar-refractivity contribution in [2.24, 2.45) is 5.92 Å². The highest BCUT2D eigenvalue weighted by molar-refractivity contribution is 5.94. The van der Waals surface area contributed by atoms with E-state index in [9.17, 15) is 4.79 Å². The van der Waals surface area contributed by atoms with Crippen molar-refractivity contribution >= 4 is 5.91 Å². The van der Waals surface area contributed by atoms with E-state index < -0.39 is 0 Å².